The van der Waals surface area contributed by atoms with Crippen LogP contribution in [0.4, 0.5) is 0 Å². The number of likely N-dealkylation sites (tertiary alicyclic amines) is 1. The van der Waals surface area contributed by atoms with E-state index >= 15 is 0 Å². The van der Waals surface area contributed by atoms with Crippen LogP contribution in [0.2, 0.25) is 0 Å². The van der Waals surface area contributed by atoms with Crippen molar-refractivity contribution in [1.29, 1.82) is 0 Å². The predicted octanol–water partition coefficient (Wildman–Crippen LogP) is 2.29. The van der Waals surface area contributed by atoms with Gasteiger partial charge in [-0.25, -0.2) is 0 Å². The standard InChI is InChI=1S/C12H23NO/c1-4-11(2)9-12(14-10-11)5-7-13(3)8-6-12/h4-10H2,1-3H3. The smallest absolute Gasteiger partial charge is 0.0713 e. The Morgan fingerprint density at radius 1 is 1.29 bits per heavy atom. The van der Waals surface area contributed by atoms with Crippen molar-refractivity contribution in [2.75, 3.05) is 26.7 Å². The Kier molecular flexibility index (Phi) is 2.61. The molecule has 0 aromatic carbocycles. The quantitative estimate of drug-likeness (QED) is 0.639. The summed E-state index contributed by atoms with van der Waals surface area (Å²) in [6, 6.07) is 0. The Bertz CT molecular complexity index is 203. The largest absolute Gasteiger partial charge is 0.374 e. The van der Waals surface area contributed by atoms with Crippen LogP contribution >= 0.6 is 0 Å². The summed E-state index contributed by atoms with van der Waals surface area (Å²) in [6.07, 6.45) is 5.01. The zero-order valence-electron chi connectivity index (χ0n) is 9.81. The van der Waals surface area contributed by atoms with Gasteiger partial charge in [0, 0.05) is 13.1 Å². The zero-order chi connectivity index (χ0) is 10.2. The number of hydrogen-bond acceptors (Lipinski definition) is 2. The maximum Gasteiger partial charge on any atom is 0.0713 e. The van der Waals surface area contributed by atoms with Crippen LogP contribution in [-0.2, 0) is 4.74 Å². The van der Waals surface area contributed by atoms with Gasteiger partial charge in [0.15, 0.2) is 0 Å². The highest BCUT2D eigenvalue weighted by Gasteiger charge is 2.46. The van der Waals surface area contributed by atoms with E-state index in [0.717, 1.165) is 6.61 Å². The molecule has 0 bridgehead atoms. The van der Waals surface area contributed by atoms with Crippen LogP contribution in [0.15, 0.2) is 0 Å². The number of rotatable bonds is 1. The van der Waals surface area contributed by atoms with Crippen LogP contribution in [0.25, 0.3) is 0 Å². The van der Waals surface area contributed by atoms with E-state index in [-0.39, 0.29) is 5.60 Å². The molecule has 0 aromatic rings. The third kappa shape index (κ3) is 1.82. The fourth-order valence-corrected chi connectivity index (χ4v) is 2.78. The molecule has 2 aliphatic heterocycles. The second-order valence-electron chi connectivity index (χ2n) is 5.62. The van der Waals surface area contributed by atoms with Gasteiger partial charge < -0.3 is 9.64 Å². The number of hydrogen-bond donors (Lipinski definition) is 0. The summed E-state index contributed by atoms with van der Waals surface area (Å²) in [5, 5.41) is 0. The van der Waals surface area contributed by atoms with Crippen molar-refractivity contribution in [3.63, 3.8) is 0 Å². The van der Waals surface area contributed by atoms with E-state index in [9.17, 15) is 0 Å². The van der Waals surface area contributed by atoms with Crippen LogP contribution < -0.4 is 0 Å². The molecule has 0 aliphatic carbocycles. The SMILES string of the molecule is CCC1(C)COC2(CCN(C)CC2)C1. The van der Waals surface area contributed by atoms with Gasteiger partial charge in [0.1, 0.15) is 0 Å². The predicted molar refractivity (Wildman–Crippen MR) is 58.4 cm³/mol. The molecule has 1 unspecified atom stereocenters. The molecule has 2 nitrogen and oxygen atoms in total. The van der Waals surface area contributed by atoms with Gasteiger partial charge in [-0.15, -0.1) is 0 Å². The monoisotopic (exact) mass is 197 g/mol. The zero-order valence-corrected chi connectivity index (χ0v) is 9.81. The van der Waals surface area contributed by atoms with Crippen LogP contribution in [-0.4, -0.2) is 37.2 Å². The molecule has 0 saturated carbocycles. The molecule has 0 radical (unpaired) electrons. The summed E-state index contributed by atoms with van der Waals surface area (Å²) in [6.45, 7) is 8.06. The highest BCUT2D eigenvalue weighted by molar-refractivity contribution is 4.97. The lowest BCUT2D eigenvalue weighted by molar-refractivity contribution is -0.0401. The first-order valence-electron chi connectivity index (χ1n) is 5.90. The third-order valence-electron chi connectivity index (χ3n) is 4.23. The van der Waals surface area contributed by atoms with Crippen molar-refractivity contribution < 1.29 is 4.74 Å². The van der Waals surface area contributed by atoms with Gasteiger partial charge in [-0.3, -0.25) is 0 Å². The van der Waals surface area contributed by atoms with E-state index < -0.39 is 0 Å². The van der Waals surface area contributed by atoms with Gasteiger partial charge in [-0.05, 0) is 38.1 Å². The van der Waals surface area contributed by atoms with Crippen molar-refractivity contribution >= 4 is 0 Å². The van der Waals surface area contributed by atoms with Gasteiger partial charge in [-0.1, -0.05) is 13.8 Å². The summed E-state index contributed by atoms with van der Waals surface area (Å²) in [7, 11) is 2.21. The molecule has 0 aromatic heterocycles. The Balaban J connectivity index is 1.99. The summed E-state index contributed by atoms with van der Waals surface area (Å²) in [5.74, 6) is 0. The van der Waals surface area contributed by atoms with Gasteiger partial charge in [0.05, 0.1) is 12.2 Å². The Hall–Kier alpha value is -0.0800. The van der Waals surface area contributed by atoms with Crippen molar-refractivity contribution in [1.82, 2.24) is 4.90 Å². The molecule has 14 heavy (non-hydrogen) atoms. The fourth-order valence-electron chi connectivity index (χ4n) is 2.78. The molecule has 2 heterocycles. The minimum Gasteiger partial charge on any atom is -0.374 e. The van der Waals surface area contributed by atoms with Gasteiger partial charge in [-0.2, -0.15) is 0 Å². The van der Waals surface area contributed by atoms with Gasteiger partial charge in [0.25, 0.3) is 0 Å². The second-order valence-corrected chi connectivity index (χ2v) is 5.62. The maximum atomic E-state index is 6.11. The van der Waals surface area contributed by atoms with Crippen molar-refractivity contribution in [2.45, 2.75) is 45.1 Å². The Morgan fingerprint density at radius 3 is 2.43 bits per heavy atom. The fraction of sp³-hybridized carbons (Fsp3) is 1.00. The second kappa shape index (κ2) is 3.49. The molecule has 0 amide bonds. The maximum absolute atomic E-state index is 6.11. The number of nitrogens with zero attached hydrogens (tertiary/aromatic N) is 1. The van der Waals surface area contributed by atoms with Crippen LogP contribution in [0.1, 0.15) is 39.5 Å². The van der Waals surface area contributed by atoms with Crippen molar-refractivity contribution in [2.24, 2.45) is 5.41 Å². The highest BCUT2D eigenvalue weighted by Crippen LogP contribution is 2.46. The number of ether oxygens (including phenoxy) is 1. The minimum atomic E-state index is 0.247. The van der Waals surface area contributed by atoms with Gasteiger partial charge in [0.2, 0.25) is 0 Å². The Labute approximate surface area is 87.6 Å². The molecular formula is C12H23NO. The summed E-state index contributed by atoms with van der Waals surface area (Å²) < 4.78 is 6.11. The average Bonchev–Trinajstić information content (AvgIpc) is 2.51. The lowest BCUT2D eigenvalue weighted by Gasteiger charge is -2.37. The lowest BCUT2D eigenvalue weighted by Crippen LogP contribution is -2.42. The van der Waals surface area contributed by atoms with E-state index in [0.29, 0.717) is 5.41 Å². The molecule has 82 valence electrons. The van der Waals surface area contributed by atoms with Gasteiger partial charge >= 0.3 is 0 Å². The first kappa shape index (κ1) is 10.4. The van der Waals surface area contributed by atoms with Crippen LogP contribution in [0.3, 0.4) is 0 Å². The van der Waals surface area contributed by atoms with E-state index in [1.165, 1.54) is 38.8 Å². The molecule has 2 aliphatic rings. The summed E-state index contributed by atoms with van der Waals surface area (Å²) in [5.41, 5.74) is 0.702. The van der Waals surface area contributed by atoms with E-state index in [1.807, 2.05) is 0 Å². The first-order chi connectivity index (χ1) is 6.58. The molecule has 2 saturated heterocycles. The average molecular weight is 197 g/mol. The molecule has 0 N–H and O–H groups in total. The van der Waals surface area contributed by atoms with E-state index in [1.54, 1.807) is 0 Å². The lowest BCUT2D eigenvalue weighted by atomic mass is 9.77. The molecular weight excluding hydrogens is 174 g/mol. The molecule has 1 atom stereocenters. The summed E-state index contributed by atoms with van der Waals surface area (Å²) >= 11 is 0. The normalized spacial score (nSPS) is 37.9. The Morgan fingerprint density at radius 2 is 1.93 bits per heavy atom. The number of piperidine rings is 1. The highest BCUT2D eigenvalue weighted by atomic mass is 16.5. The first-order valence-corrected chi connectivity index (χ1v) is 5.90. The van der Waals surface area contributed by atoms with Crippen molar-refractivity contribution in [3.05, 3.63) is 0 Å². The van der Waals surface area contributed by atoms with E-state index in [4.69, 9.17) is 4.74 Å². The van der Waals surface area contributed by atoms with Crippen molar-refractivity contribution in [3.8, 4) is 0 Å². The van der Waals surface area contributed by atoms with Crippen LogP contribution in [0, 0.1) is 5.41 Å². The molecule has 2 fully saturated rings. The molecule has 2 rings (SSSR count). The third-order valence-corrected chi connectivity index (χ3v) is 4.23. The summed E-state index contributed by atoms with van der Waals surface area (Å²) in [4.78, 5) is 2.41. The van der Waals surface area contributed by atoms with Crippen LogP contribution in [0.5, 0.6) is 0 Å². The topological polar surface area (TPSA) is 12.5 Å². The minimum absolute atomic E-state index is 0.247. The molecule has 1 spiro atoms. The van der Waals surface area contributed by atoms with E-state index in [2.05, 4.69) is 25.8 Å². The molecule has 2 heteroatoms.